The van der Waals surface area contributed by atoms with Crippen molar-refractivity contribution in [3.63, 3.8) is 0 Å². The molecule has 2 aromatic rings. The van der Waals surface area contributed by atoms with Crippen LogP contribution in [0.25, 0.3) is 0 Å². The minimum atomic E-state index is -0.242. The van der Waals surface area contributed by atoms with Crippen LogP contribution < -0.4 is 5.32 Å². The van der Waals surface area contributed by atoms with E-state index in [2.05, 4.69) is 15.5 Å². The fourth-order valence-electron chi connectivity index (χ4n) is 2.21. The van der Waals surface area contributed by atoms with Crippen LogP contribution in [0.1, 0.15) is 36.2 Å². The number of nitrogens with one attached hydrogen (secondary N) is 1. The summed E-state index contributed by atoms with van der Waals surface area (Å²) in [4.78, 5) is 4.35. The smallest absolute Gasteiger partial charge is 0.243 e. The van der Waals surface area contributed by atoms with E-state index in [0.717, 1.165) is 24.9 Å². The summed E-state index contributed by atoms with van der Waals surface area (Å²) in [6.07, 6.45) is 2.65. The minimum Gasteiger partial charge on any atom is -0.338 e. The van der Waals surface area contributed by atoms with E-state index in [4.69, 9.17) is 4.52 Å². The highest BCUT2D eigenvalue weighted by Crippen LogP contribution is 2.21. The zero-order valence-electron chi connectivity index (χ0n) is 9.90. The van der Waals surface area contributed by atoms with Crippen molar-refractivity contribution in [2.45, 2.75) is 25.3 Å². The summed E-state index contributed by atoms with van der Waals surface area (Å²) in [6.45, 7) is 0.992. The van der Waals surface area contributed by atoms with Crippen LogP contribution in [0, 0.1) is 5.82 Å². The third-order valence-electron chi connectivity index (χ3n) is 3.09. The first-order valence-corrected chi connectivity index (χ1v) is 6.11. The van der Waals surface area contributed by atoms with Gasteiger partial charge in [-0.15, -0.1) is 0 Å². The molecular weight excluding hydrogens is 233 g/mol. The highest BCUT2D eigenvalue weighted by molar-refractivity contribution is 5.19. The number of hydrogen-bond acceptors (Lipinski definition) is 4. The standard InChI is InChI=1S/C13H14FN3O/c14-10-4-1-3-9(7-10)8-12-16-13(18-17-12)11-5-2-6-15-11/h1,3-4,7,11,15H,2,5-6,8H2. The SMILES string of the molecule is Fc1cccc(Cc2noc(C3CCCN3)n2)c1. The van der Waals surface area contributed by atoms with E-state index in [1.54, 1.807) is 6.07 Å². The first-order valence-electron chi connectivity index (χ1n) is 6.11. The van der Waals surface area contributed by atoms with Crippen LogP contribution in [0.4, 0.5) is 4.39 Å². The number of halogens is 1. The van der Waals surface area contributed by atoms with E-state index in [-0.39, 0.29) is 11.9 Å². The van der Waals surface area contributed by atoms with Gasteiger partial charge in [-0.25, -0.2) is 4.39 Å². The maximum atomic E-state index is 13.0. The quantitative estimate of drug-likeness (QED) is 0.903. The van der Waals surface area contributed by atoms with E-state index < -0.39 is 0 Å². The lowest BCUT2D eigenvalue weighted by Crippen LogP contribution is -2.13. The summed E-state index contributed by atoms with van der Waals surface area (Å²) in [7, 11) is 0. The summed E-state index contributed by atoms with van der Waals surface area (Å²) >= 11 is 0. The monoisotopic (exact) mass is 247 g/mol. The van der Waals surface area contributed by atoms with Crippen LogP contribution in [0.15, 0.2) is 28.8 Å². The van der Waals surface area contributed by atoms with E-state index in [9.17, 15) is 4.39 Å². The van der Waals surface area contributed by atoms with E-state index >= 15 is 0 Å². The Morgan fingerprint density at radius 2 is 2.39 bits per heavy atom. The van der Waals surface area contributed by atoms with Crippen LogP contribution in [0.3, 0.4) is 0 Å². The zero-order chi connectivity index (χ0) is 12.4. The van der Waals surface area contributed by atoms with Gasteiger partial charge < -0.3 is 9.84 Å². The molecule has 1 aliphatic heterocycles. The lowest BCUT2D eigenvalue weighted by molar-refractivity contribution is 0.341. The van der Waals surface area contributed by atoms with Crippen molar-refractivity contribution in [2.24, 2.45) is 0 Å². The molecule has 1 aliphatic rings. The van der Waals surface area contributed by atoms with Crippen molar-refractivity contribution in [3.05, 3.63) is 47.4 Å². The predicted octanol–water partition coefficient (Wildman–Crippen LogP) is 2.22. The first-order chi connectivity index (χ1) is 8.81. The van der Waals surface area contributed by atoms with Crippen molar-refractivity contribution in [3.8, 4) is 0 Å². The molecule has 3 rings (SSSR count). The second kappa shape index (κ2) is 4.86. The second-order valence-corrected chi connectivity index (χ2v) is 4.50. The molecule has 1 unspecified atom stereocenters. The Hall–Kier alpha value is -1.75. The van der Waals surface area contributed by atoms with Crippen LogP contribution in [-0.4, -0.2) is 16.7 Å². The molecule has 1 aromatic carbocycles. The van der Waals surface area contributed by atoms with Gasteiger partial charge >= 0.3 is 0 Å². The lowest BCUT2D eigenvalue weighted by atomic mass is 10.1. The minimum absolute atomic E-state index is 0.179. The molecule has 1 N–H and O–H groups in total. The predicted molar refractivity (Wildman–Crippen MR) is 63.5 cm³/mol. The molecule has 1 aromatic heterocycles. The average molecular weight is 247 g/mol. The van der Waals surface area contributed by atoms with Gasteiger partial charge in [0, 0.05) is 6.42 Å². The fraction of sp³-hybridized carbons (Fsp3) is 0.385. The molecule has 0 saturated carbocycles. The summed E-state index contributed by atoms with van der Waals surface area (Å²) in [5.74, 6) is 0.997. The molecule has 94 valence electrons. The summed E-state index contributed by atoms with van der Waals surface area (Å²) in [5.41, 5.74) is 0.849. The Labute approximate surface area is 104 Å². The van der Waals surface area contributed by atoms with Gasteiger partial charge in [-0.2, -0.15) is 4.98 Å². The summed E-state index contributed by atoms with van der Waals surface area (Å²) < 4.78 is 18.3. The molecule has 0 radical (unpaired) electrons. The maximum absolute atomic E-state index is 13.0. The molecule has 1 atom stereocenters. The highest BCUT2D eigenvalue weighted by atomic mass is 19.1. The Morgan fingerprint density at radius 1 is 1.44 bits per heavy atom. The van der Waals surface area contributed by atoms with Crippen LogP contribution >= 0.6 is 0 Å². The van der Waals surface area contributed by atoms with Crippen LogP contribution in [-0.2, 0) is 6.42 Å². The Balaban J connectivity index is 1.73. The van der Waals surface area contributed by atoms with Crippen molar-refractivity contribution < 1.29 is 8.91 Å². The molecule has 0 bridgehead atoms. The highest BCUT2D eigenvalue weighted by Gasteiger charge is 2.22. The number of hydrogen-bond donors (Lipinski definition) is 1. The van der Waals surface area contributed by atoms with Crippen LogP contribution in [0.5, 0.6) is 0 Å². The average Bonchev–Trinajstić information content (AvgIpc) is 2.98. The van der Waals surface area contributed by atoms with Crippen molar-refractivity contribution in [2.75, 3.05) is 6.54 Å². The third kappa shape index (κ3) is 2.41. The molecule has 0 amide bonds. The Morgan fingerprint density at radius 3 is 3.17 bits per heavy atom. The molecule has 5 heteroatoms. The largest absolute Gasteiger partial charge is 0.338 e. The van der Waals surface area contributed by atoms with E-state index in [1.165, 1.54) is 12.1 Å². The third-order valence-corrected chi connectivity index (χ3v) is 3.09. The van der Waals surface area contributed by atoms with Crippen molar-refractivity contribution in [1.82, 2.24) is 15.5 Å². The summed E-state index contributed by atoms with van der Waals surface area (Å²) in [6, 6.07) is 6.63. The van der Waals surface area contributed by atoms with Gasteiger partial charge in [0.25, 0.3) is 0 Å². The number of aromatic nitrogens is 2. The normalized spacial score (nSPS) is 19.3. The van der Waals surface area contributed by atoms with Gasteiger partial charge in [0.05, 0.1) is 6.04 Å². The number of nitrogens with zero attached hydrogens (tertiary/aromatic N) is 2. The van der Waals surface area contributed by atoms with Gasteiger partial charge in [-0.3, -0.25) is 0 Å². The Bertz CT molecular complexity index is 535. The topological polar surface area (TPSA) is 51.0 Å². The molecular formula is C13H14FN3O. The molecule has 0 aliphatic carbocycles. The Kier molecular flexibility index (Phi) is 3.06. The molecule has 4 nitrogen and oxygen atoms in total. The molecule has 18 heavy (non-hydrogen) atoms. The van der Waals surface area contributed by atoms with Crippen molar-refractivity contribution >= 4 is 0 Å². The first kappa shape index (κ1) is 11.3. The van der Waals surface area contributed by atoms with Gasteiger partial charge in [0.2, 0.25) is 5.89 Å². The fourth-order valence-corrected chi connectivity index (χ4v) is 2.21. The lowest BCUT2D eigenvalue weighted by Gasteiger charge is -2.01. The second-order valence-electron chi connectivity index (χ2n) is 4.50. The van der Waals surface area contributed by atoms with E-state index in [0.29, 0.717) is 18.1 Å². The van der Waals surface area contributed by atoms with Crippen LogP contribution in [0.2, 0.25) is 0 Å². The van der Waals surface area contributed by atoms with Gasteiger partial charge in [-0.05, 0) is 37.1 Å². The van der Waals surface area contributed by atoms with Gasteiger partial charge in [0.15, 0.2) is 5.82 Å². The van der Waals surface area contributed by atoms with Gasteiger partial charge in [-0.1, -0.05) is 17.3 Å². The molecule has 1 fully saturated rings. The van der Waals surface area contributed by atoms with E-state index in [1.807, 2.05) is 6.07 Å². The van der Waals surface area contributed by atoms with Gasteiger partial charge in [0.1, 0.15) is 5.82 Å². The summed E-state index contributed by atoms with van der Waals surface area (Å²) in [5, 5.41) is 7.24. The van der Waals surface area contributed by atoms with Crippen molar-refractivity contribution in [1.29, 1.82) is 0 Å². The zero-order valence-corrected chi connectivity index (χ0v) is 9.90. The molecule has 2 heterocycles. The number of rotatable bonds is 3. The molecule has 1 saturated heterocycles. The molecule has 0 spiro atoms. The number of benzene rings is 1. The maximum Gasteiger partial charge on any atom is 0.243 e.